The quantitative estimate of drug-likeness (QED) is 0.727. The van der Waals surface area contributed by atoms with Crippen molar-refractivity contribution < 1.29 is 5.11 Å². The van der Waals surface area contributed by atoms with Crippen LogP contribution in [0, 0.1) is 0 Å². The Morgan fingerprint density at radius 2 is 1.44 bits per heavy atom. The van der Waals surface area contributed by atoms with Crippen LogP contribution in [0.25, 0.3) is 0 Å². The van der Waals surface area contributed by atoms with Gasteiger partial charge in [-0.25, -0.2) is 0 Å². The fourth-order valence-electron chi connectivity index (χ4n) is 1.02. The molecule has 16 heavy (non-hydrogen) atoms. The number of hydrogen-bond donors (Lipinski definition) is 1. The van der Waals surface area contributed by atoms with Crippen molar-refractivity contribution in [3.05, 3.63) is 30.3 Å². The molecule has 1 nitrogen and oxygen atoms in total. The van der Waals surface area contributed by atoms with Crippen LogP contribution in [0.1, 0.15) is 39.5 Å². The monoisotopic (exact) mass is 240 g/mol. The van der Waals surface area contributed by atoms with Crippen molar-refractivity contribution in [2.75, 3.05) is 11.5 Å². The minimum Gasteiger partial charge on any atom is -0.508 e. The average molecular weight is 240 g/mol. The number of aromatic hydroxyl groups is 1. The van der Waals surface area contributed by atoms with E-state index in [4.69, 9.17) is 5.11 Å². The van der Waals surface area contributed by atoms with Gasteiger partial charge in [0.05, 0.1) is 0 Å². The first-order valence-electron chi connectivity index (χ1n) is 6.13. The minimum atomic E-state index is 0.322. The lowest BCUT2D eigenvalue weighted by Crippen LogP contribution is -1.81. The number of rotatable bonds is 6. The summed E-state index contributed by atoms with van der Waals surface area (Å²) in [5.74, 6) is 3.06. The highest BCUT2D eigenvalue weighted by Gasteiger charge is 1.85. The van der Waals surface area contributed by atoms with Gasteiger partial charge in [0.1, 0.15) is 5.75 Å². The van der Waals surface area contributed by atoms with Crippen molar-refractivity contribution in [1.82, 2.24) is 0 Å². The molecule has 0 fully saturated rings. The molecule has 0 aliphatic carbocycles. The van der Waals surface area contributed by atoms with E-state index in [9.17, 15) is 0 Å². The van der Waals surface area contributed by atoms with E-state index < -0.39 is 0 Å². The third kappa shape index (κ3) is 11.4. The van der Waals surface area contributed by atoms with Gasteiger partial charge in [0, 0.05) is 0 Å². The first-order valence-corrected chi connectivity index (χ1v) is 7.28. The molecule has 0 heterocycles. The van der Waals surface area contributed by atoms with E-state index in [2.05, 4.69) is 25.6 Å². The van der Waals surface area contributed by atoms with E-state index in [1.54, 1.807) is 24.3 Å². The summed E-state index contributed by atoms with van der Waals surface area (Å²) in [6, 6.07) is 8.71. The van der Waals surface area contributed by atoms with Crippen molar-refractivity contribution in [1.29, 1.82) is 0 Å². The molecular weight excluding hydrogens is 216 g/mol. The Labute approximate surface area is 104 Å². The van der Waals surface area contributed by atoms with E-state index in [1.165, 1.54) is 37.2 Å². The van der Waals surface area contributed by atoms with Crippen molar-refractivity contribution in [3.8, 4) is 5.75 Å². The van der Waals surface area contributed by atoms with Crippen LogP contribution in [0.4, 0.5) is 0 Å². The fraction of sp³-hybridized carbons (Fsp3) is 0.571. The first-order chi connectivity index (χ1) is 7.81. The summed E-state index contributed by atoms with van der Waals surface area (Å²) in [5.41, 5.74) is 0. The number of phenolic OH excluding ortho intramolecular Hbond substituents is 1. The molecule has 0 aliphatic heterocycles. The van der Waals surface area contributed by atoms with Gasteiger partial charge >= 0.3 is 0 Å². The van der Waals surface area contributed by atoms with Gasteiger partial charge in [-0.2, -0.15) is 11.8 Å². The molecule has 0 spiro atoms. The highest BCUT2D eigenvalue weighted by molar-refractivity contribution is 7.99. The first kappa shape index (κ1) is 15.4. The van der Waals surface area contributed by atoms with E-state index in [1.807, 2.05) is 6.07 Å². The Kier molecular flexibility index (Phi) is 11.9. The van der Waals surface area contributed by atoms with Crippen LogP contribution in [-0.4, -0.2) is 16.6 Å². The highest BCUT2D eigenvalue weighted by atomic mass is 32.2. The lowest BCUT2D eigenvalue weighted by molar-refractivity contribution is 0.475. The Morgan fingerprint density at radius 1 is 0.938 bits per heavy atom. The molecular formula is C14H24OS. The lowest BCUT2D eigenvalue weighted by atomic mass is 10.3. The maximum absolute atomic E-state index is 8.63. The van der Waals surface area contributed by atoms with E-state index >= 15 is 0 Å². The second-order valence-corrected chi connectivity index (χ2v) is 4.88. The number of thioether (sulfide) groups is 1. The third-order valence-electron chi connectivity index (χ3n) is 2.04. The zero-order valence-corrected chi connectivity index (χ0v) is 11.3. The Hall–Kier alpha value is -0.630. The number of para-hydroxylation sites is 1. The van der Waals surface area contributed by atoms with Crippen molar-refractivity contribution >= 4 is 11.8 Å². The minimum absolute atomic E-state index is 0.322. The van der Waals surface area contributed by atoms with E-state index in [0.29, 0.717) is 5.75 Å². The summed E-state index contributed by atoms with van der Waals surface area (Å²) in [6.45, 7) is 4.50. The molecule has 0 amide bonds. The summed E-state index contributed by atoms with van der Waals surface area (Å²) in [6.07, 6.45) is 5.49. The standard InChI is InChI=1S/C8H18S.C6H6O/c1-3-5-7-9-8-6-4-2;7-6-4-2-1-3-5-6/h3-8H2,1-2H3;1-5,7H. The van der Waals surface area contributed by atoms with Crippen molar-refractivity contribution in [3.63, 3.8) is 0 Å². The van der Waals surface area contributed by atoms with Gasteiger partial charge < -0.3 is 5.11 Å². The molecule has 0 saturated carbocycles. The molecule has 0 aliphatic rings. The summed E-state index contributed by atoms with van der Waals surface area (Å²) in [4.78, 5) is 0. The Morgan fingerprint density at radius 3 is 1.75 bits per heavy atom. The maximum atomic E-state index is 8.63. The smallest absolute Gasteiger partial charge is 0.115 e. The van der Waals surface area contributed by atoms with Gasteiger partial charge in [-0.3, -0.25) is 0 Å². The molecule has 1 N–H and O–H groups in total. The SMILES string of the molecule is CCCCSCCCC.Oc1ccccc1. The molecule has 0 radical (unpaired) electrons. The largest absolute Gasteiger partial charge is 0.508 e. The van der Waals surface area contributed by atoms with Crippen LogP contribution >= 0.6 is 11.8 Å². The zero-order valence-electron chi connectivity index (χ0n) is 10.5. The van der Waals surface area contributed by atoms with Gasteiger partial charge in [-0.05, 0) is 36.5 Å². The molecule has 0 atom stereocenters. The molecule has 92 valence electrons. The van der Waals surface area contributed by atoms with Crippen LogP contribution in [0.2, 0.25) is 0 Å². The van der Waals surface area contributed by atoms with Crippen molar-refractivity contribution in [2.45, 2.75) is 39.5 Å². The Bertz CT molecular complexity index is 217. The van der Waals surface area contributed by atoms with Crippen LogP contribution in [0.5, 0.6) is 5.75 Å². The summed E-state index contributed by atoms with van der Waals surface area (Å²) in [5, 5.41) is 8.63. The van der Waals surface area contributed by atoms with Crippen molar-refractivity contribution in [2.24, 2.45) is 0 Å². The maximum Gasteiger partial charge on any atom is 0.115 e. The van der Waals surface area contributed by atoms with Crippen LogP contribution in [-0.2, 0) is 0 Å². The van der Waals surface area contributed by atoms with Crippen LogP contribution in [0.15, 0.2) is 30.3 Å². The molecule has 0 unspecified atom stereocenters. The zero-order chi connectivity index (χ0) is 12.1. The molecule has 0 bridgehead atoms. The lowest BCUT2D eigenvalue weighted by Gasteiger charge is -1.96. The fourth-order valence-corrected chi connectivity index (χ4v) is 2.21. The third-order valence-corrected chi connectivity index (χ3v) is 3.20. The van der Waals surface area contributed by atoms with Gasteiger partial charge in [-0.15, -0.1) is 0 Å². The second-order valence-electron chi connectivity index (χ2n) is 3.66. The molecule has 2 heteroatoms. The van der Waals surface area contributed by atoms with Gasteiger partial charge in [0.25, 0.3) is 0 Å². The second kappa shape index (κ2) is 12.4. The van der Waals surface area contributed by atoms with Crippen LogP contribution < -0.4 is 0 Å². The average Bonchev–Trinajstić information content (AvgIpc) is 2.31. The summed E-state index contributed by atoms with van der Waals surface area (Å²) < 4.78 is 0. The predicted molar refractivity (Wildman–Crippen MR) is 75.2 cm³/mol. The van der Waals surface area contributed by atoms with Gasteiger partial charge in [0.2, 0.25) is 0 Å². The Balaban J connectivity index is 0.000000288. The normalized spacial score (nSPS) is 9.38. The van der Waals surface area contributed by atoms with E-state index in [-0.39, 0.29) is 0 Å². The number of hydrogen-bond acceptors (Lipinski definition) is 2. The summed E-state index contributed by atoms with van der Waals surface area (Å²) in [7, 11) is 0. The number of unbranched alkanes of at least 4 members (excludes halogenated alkanes) is 2. The van der Waals surface area contributed by atoms with E-state index in [0.717, 1.165) is 0 Å². The molecule has 1 aromatic rings. The van der Waals surface area contributed by atoms with Gasteiger partial charge in [0.15, 0.2) is 0 Å². The molecule has 1 rings (SSSR count). The predicted octanol–water partition coefficient (Wildman–Crippen LogP) is 4.71. The summed E-state index contributed by atoms with van der Waals surface area (Å²) >= 11 is 2.10. The topological polar surface area (TPSA) is 20.2 Å². The molecule has 0 aromatic heterocycles. The number of phenols is 1. The molecule has 0 saturated heterocycles. The highest BCUT2D eigenvalue weighted by Crippen LogP contribution is 2.06. The van der Waals surface area contributed by atoms with Gasteiger partial charge in [-0.1, -0.05) is 44.9 Å². The molecule has 1 aromatic carbocycles. The van der Waals surface area contributed by atoms with Crippen LogP contribution in [0.3, 0.4) is 0 Å². The number of benzene rings is 1.